The molecule has 16 heavy (non-hydrogen) atoms. The van der Waals surface area contributed by atoms with E-state index in [1.54, 1.807) is 0 Å². The summed E-state index contributed by atoms with van der Waals surface area (Å²) in [7, 11) is 0. The van der Waals surface area contributed by atoms with Crippen LogP contribution in [-0.4, -0.2) is 34.0 Å². The van der Waals surface area contributed by atoms with Crippen molar-refractivity contribution in [3.05, 3.63) is 44.8 Å². The van der Waals surface area contributed by atoms with Crippen molar-refractivity contribution in [2.75, 3.05) is 13.2 Å². The molecule has 0 aliphatic carbocycles. The summed E-state index contributed by atoms with van der Waals surface area (Å²) in [5, 5.41) is 9.02. The average molecular weight is 224 g/mol. The Kier molecular flexibility index (Phi) is 3.02. The van der Waals surface area contributed by atoms with Crippen LogP contribution < -0.4 is 11.2 Å². The van der Waals surface area contributed by atoms with Crippen molar-refractivity contribution >= 4 is 0 Å². The highest BCUT2D eigenvalue weighted by molar-refractivity contribution is 5.13. The van der Waals surface area contributed by atoms with Gasteiger partial charge in [-0.2, -0.15) is 0 Å². The van der Waals surface area contributed by atoms with E-state index in [0.29, 0.717) is 13.2 Å². The zero-order valence-corrected chi connectivity index (χ0v) is 8.55. The molecule has 0 bridgehead atoms. The first kappa shape index (κ1) is 10.8. The van der Waals surface area contributed by atoms with Crippen molar-refractivity contribution in [1.82, 2.24) is 9.55 Å². The number of rotatable bonds is 3. The van der Waals surface area contributed by atoms with Gasteiger partial charge in [0.05, 0.1) is 19.8 Å². The van der Waals surface area contributed by atoms with Crippen LogP contribution in [0.4, 0.5) is 0 Å². The van der Waals surface area contributed by atoms with Gasteiger partial charge in [0.25, 0.3) is 5.56 Å². The van der Waals surface area contributed by atoms with Crippen molar-refractivity contribution in [2.24, 2.45) is 0 Å². The van der Waals surface area contributed by atoms with Gasteiger partial charge in [0.1, 0.15) is 6.10 Å². The van der Waals surface area contributed by atoms with E-state index in [0.717, 1.165) is 5.57 Å². The van der Waals surface area contributed by atoms with Crippen LogP contribution in [-0.2, 0) is 11.3 Å². The smallest absolute Gasteiger partial charge is 0.328 e. The van der Waals surface area contributed by atoms with Gasteiger partial charge in [-0.1, -0.05) is 6.08 Å². The van der Waals surface area contributed by atoms with E-state index in [1.807, 2.05) is 6.08 Å². The van der Waals surface area contributed by atoms with Crippen LogP contribution in [0.15, 0.2) is 33.5 Å². The van der Waals surface area contributed by atoms with Crippen LogP contribution in [0.3, 0.4) is 0 Å². The predicted molar refractivity (Wildman–Crippen MR) is 56.2 cm³/mol. The van der Waals surface area contributed by atoms with Gasteiger partial charge in [-0.3, -0.25) is 14.3 Å². The molecule has 1 aliphatic rings. The van der Waals surface area contributed by atoms with Crippen LogP contribution in [0, 0.1) is 0 Å². The first-order valence-electron chi connectivity index (χ1n) is 4.92. The number of hydrogen-bond acceptors (Lipinski definition) is 4. The third-order valence-corrected chi connectivity index (χ3v) is 2.47. The van der Waals surface area contributed by atoms with E-state index >= 15 is 0 Å². The number of hydrogen-bond donors (Lipinski definition) is 2. The summed E-state index contributed by atoms with van der Waals surface area (Å²) in [4.78, 5) is 24.4. The summed E-state index contributed by atoms with van der Waals surface area (Å²) >= 11 is 0. The molecule has 0 aromatic carbocycles. The Bertz CT molecular complexity index is 514. The maximum absolute atomic E-state index is 11.4. The molecule has 1 aromatic heterocycles. The monoisotopic (exact) mass is 224 g/mol. The SMILES string of the molecule is O=c1ccn(CC2=CCO[C@@H]2CO)c(=O)[nH]1. The van der Waals surface area contributed by atoms with Crippen molar-refractivity contribution in [3.8, 4) is 0 Å². The summed E-state index contributed by atoms with van der Waals surface area (Å²) in [6.45, 7) is 0.656. The summed E-state index contributed by atoms with van der Waals surface area (Å²) < 4.78 is 6.59. The van der Waals surface area contributed by atoms with Crippen LogP contribution in [0.5, 0.6) is 0 Å². The first-order chi connectivity index (χ1) is 7.70. The largest absolute Gasteiger partial charge is 0.393 e. The van der Waals surface area contributed by atoms with Crippen molar-refractivity contribution in [3.63, 3.8) is 0 Å². The standard InChI is InChI=1S/C10H12N2O4/c13-6-8-7(2-4-16-8)5-12-3-1-9(14)11-10(12)15/h1-3,8,13H,4-6H2,(H,11,14,15)/t8-/m1/s1. The molecule has 6 nitrogen and oxygen atoms in total. The molecule has 0 unspecified atom stereocenters. The van der Waals surface area contributed by atoms with Crippen molar-refractivity contribution in [1.29, 1.82) is 0 Å². The van der Waals surface area contributed by atoms with E-state index in [-0.39, 0.29) is 12.7 Å². The Morgan fingerprint density at radius 2 is 2.38 bits per heavy atom. The Balaban J connectivity index is 2.21. The molecule has 0 radical (unpaired) electrons. The van der Waals surface area contributed by atoms with Crippen LogP contribution >= 0.6 is 0 Å². The minimum Gasteiger partial charge on any atom is -0.393 e. The van der Waals surface area contributed by atoms with E-state index in [2.05, 4.69) is 4.98 Å². The molecule has 1 atom stereocenters. The predicted octanol–water partition coefficient (Wildman–Crippen LogP) is -1.15. The van der Waals surface area contributed by atoms with Gasteiger partial charge in [0, 0.05) is 12.3 Å². The molecule has 0 spiro atoms. The number of H-pyrrole nitrogens is 1. The molecule has 0 fully saturated rings. The maximum atomic E-state index is 11.4. The molecule has 1 aromatic rings. The minimum absolute atomic E-state index is 0.107. The second-order valence-electron chi connectivity index (χ2n) is 3.52. The molecule has 2 N–H and O–H groups in total. The Morgan fingerprint density at radius 1 is 1.56 bits per heavy atom. The highest BCUT2D eigenvalue weighted by Crippen LogP contribution is 2.14. The number of ether oxygens (including phenoxy) is 1. The Morgan fingerprint density at radius 3 is 3.06 bits per heavy atom. The quantitative estimate of drug-likeness (QED) is 0.635. The van der Waals surface area contributed by atoms with Gasteiger partial charge < -0.3 is 9.84 Å². The van der Waals surface area contributed by atoms with Gasteiger partial charge in [0.2, 0.25) is 0 Å². The van der Waals surface area contributed by atoms with Gasteiger partial charge in [-0.15, -0.1) is 0 Å². The number of aromatic nitrogens is 2. The lowest BCUT2D eigenvalue weighted by Crippen LogP contribution is -2.30. The summed E-state index contributed by atoms with van der Waals surface area (Å²) in [5.41, 5.74) is -0.0368. The highest BCUT2D eigenvalue weighted by atomic mass is 16.5. The van der Waals surface area contributed by atoms with Crippen LogP contribution in [0.25, 0.3) is 0 Å². The summed E-state index contributed by atoms with van der Waals surface area (Å²) in [6.07, 6.45) is 2.91. The fraction of sp³-hybridized carbons (Fsp3) is 0.400. The van der Waals surface area contributed by atoms with Gasteiger partial charge in [-0.05, 0) is 5.57 Å². The number of nitrogens with one attached hydrogen (secondary N) is 1. The minimum atomic E-state index is -0.461. The summed E-state index contributed by atoms with van der Waals surface area (Å²) in [5.74, 6) is 0. The first-order valence-corrected chi connectivity index (χ1v) is 4.92. The Hall–Kier alpha value is -1.66. The lowest BCUT2D eigenvalue weighted by molar-refractivity contribution is 0.0669. The lowest BCUT2D eigenvalue weighted by atomic mass is 10.1. The molecule has 0 amide bonds. The molecule has 2 rings (SSSR count). The third kappa shape index (κ3) is 2.12. The van der Waals surface area contributed by atoms with Crippen LogP contribution in [0.1, 0.15) is 0 Å². The topological polar surface area (TPSA) is 84.3 Å². The normalized spacial score (nSPS) is 19.8. The molecule has 86 valence electrons. The van der Waals surface area contributed by atoms with Gasteiger partial charge in [-0.25, -0.2) is 4.79 Å². The average Bonchev–Trinajstić information content (AvgIpc) is 2.69. The van der Waals surface area contributed by atoms with E-state index in [1.165, 1.54) is 16.8 Å². The van der Waals surface area contributed by atoms with Crippen molar-refractivity contribution in [2.45, 2.75) is 12.6 Å². The van der Waals surface area contributed by atoms with Crippen molar-refractivity contribution < 1.29 is 9.84 Å². The van der Waals surface area contributed by atoms with E-state index in [9.17, 15) is 9.59 Å². The molecule has 2 heterocycles. The molecule has 6 heteroatoms. The molecular formula is C10H12N2O4. The van der Waals surface area contributed by atoms with E-state index in [4.69, 9.17) is 9.84 Å². The Labute approximate surface area is 90.8 Å². The van der Waals surface area contributed by atoms with Gasteiger partial charge in [0.15, 0.2) is 0 Å². The second kappa shape index (κ2) is 4.46. The molecule has 0 saturated heterocycles. The fourth-order valence-electron chi connectivity index (χ4n) is 1.61. The molecule has 1 aliphatic heterocycles. The maximum Gasteiger partial charge on any atom is 0.328 e. The molecular weight excluding hydrogens is 212 g/mol. The summed E-state index contributed by atoms with van der Waals surface area (Å²) in [6, 6.07) is 1.28. The fourth-order valence-corrected chi connectivity index (χ4v) is 1.61. The zero-order chi connectivity index (χ0) is 11.5. The van der Waals surface area contributed by atoms with Gasteiger partial charge >= 0.3 is 5.69 Å². The second-order valence-corrected chi connectivity index (χ2v) is 3.52. The number of aromatic amines is 1. The lowest BCUT2D eigenvalue weighted by Gasteiger charge is -2.12. The highest BCUT2D eigenvalue weighted by Gasteiger charge is 2.19. The third-order valence-electron chi connectivity index (χ3n) is 2.47. The van der Waals surface area contributed by atoms with Crippen LogP contribution in [0.2, 0.25) is 0 Å². The number of nitrogens with zero attached hydrogens (tertiary/aromatic N) is 1. The zero-order valence-electron chi connectivity index (χ0n) is 8.55. The molecule has 0 saturated carbocycles. The number of aliphatic hydroxyl groups is 1. The number of aliphatic hydroxyl groups excluding tert-OH is 1. The van der Waals surface area contributed by atoms with E-state index < -0.39 is 11.2 Å².